The second-order valence-electron chi connectivity index (χ2n) is 8.82. The summed E-state index contributed by atoms with van der Waals surface area (Å²) in [6.45, 7) is 16.6. The van der Waals surface area contributed by atoms with Crippen molar-refractivity contribution < 1.29 is 18.8 Å². The molecule has 2 aliphatic rings. The van der Waals surface area contributed by atoms with Gasteiger partial charge in [-0.1, -0.05) is 11.5 Å². The Hall–Kier alpha value is -1.01. The largest absolute Gasteiger partial charge is 0.487 e. The summed E-state index contributed by atoms with van der Waals surface area (Å²) in [5.41, 5.74) is -0.00987. The number of carbonyl (C=O) groups excluding carboxylic acids is 1. The van der Waals surface area contributed by atoms with Crippen LogP contribution in [-0.4, -0.2) is 47.5 Å². The van der Waals surface area contributed by atoms with E-state index in [0.29, 0.717) is 0 Å². The van der Waals surface area contributed by atoms with E-state index in [1.807, 2.05) is 61.4 Å². The molecule has 1 unspecified atom stereocenters. The van der Waals surface area contributed by atoms with Crippen LogP contribution in [0.25, 0.3) is 0 Å². The Balaban J connectivity index is 2.10. The van der Waals surface area contributed by atoms with E-state index in [1.54, 1.807) is 4.90 Å². The first kappa shape index (κ1) is 19.3. The monoisotopic (exact) mass is 337 g/mol. The smallest absolute Gasteiger partial charge is 0.444 e. The Bertz CT molecular complexity index is 506. The average molecular weight is 337 g/mol. The van der Waals surface area contributed by atoms with Crippen LogP contribution in [-0.2, 0) is 14.0 Å². The van der Waals surface area contributed by atoms with Crippen LogP contribution >= 0.6 is 0 Å². The molecule has 0 aliphatic carbocycles. The molecule has 0 spiro atoms. The molecule has 136 valence electrons. The number of piperidine rings is 1. The second-order valence-corrected chi connectivity index (χ2v) is 8.82. The van der Waals surface area contributed by atoms with Crippen LogP contribution in [0.4, 0.5) is 4.79 Å². The number of carbonyl (C=O) groups is 1. The van der Waals surface area contributed by atoms with E-state index >= 15 is 0 Å². The van der Waals surface area contributed by atoms with Gasteiger partial charge in [0.15, 0.2) is 0 Å². The lowest BCUT2D eigenvalue weighted by Gasteiger charge is -2.36. The van der Waals surface area contributed by atoms with Gasteiger partial charge in [0, 0.05) is 6.54 Å². The summed E-state index contributed by atoms with van der Waals surface area (Å²) >= 11 is 0. The Morgan fingerprint density at radius 1 is 1.25 bits per heavy atom. The number of hydrogen-bond acceptors (Lipinski definition) is 4. The van der Waals surface area contributed by atoms with Crippen LogP contribution in [0, 0.1) is 0 Å². The number of amides is 1. The number of likely N-dealkylation sites (tertiary alicyclic amines) is 1. The molecule has 0 bridgehead atoms. The van der Waals surface area contributed by atoms with Crippen molar-refractivity contribution in [3.05, 3.63) is 11.5 Å². The molecule has 0 N–H and O–H groups in total. The van der Waals surface area contributed by atoms with Crippen LogP contribution in [0.3, 0.4) is 0 Å². The molecule has 0 aromatic rings. The van der Waals surface area contributed by atoms with E-state index in [-0.39, 0.29) is 30.5 Å². The van der Waals surface area contributed by atoms with Crippen molar-refractivity contribution in [1.29, 1.82) is 0 Å². The van der Waals surface area contributed by atoms with Crippen LogP contribution in [0.15, 0.2) is 11.5 Å². The maximum atomic E-state index is 12.4. The fourth-order valence-corrected chi connectivity index (χ4v) is 2.98. The molecule has 1 amide bonds. The topological polar surface area (TPSA) is 48.0 Å². The van der Waals surface area contributed by atoms with Gasteiger partial charge in [-0.15, -0.1) is 0 Å². The van der Waals surface area contributed by atoms with Crippen molar-refractivity contribution in [3.63, 3.8) is 0 Å². The molecular formula is C18H32BNO4. The molecule has 0 saturated carbocycles. The van der Waals surface area contributed by atoms with Gasteiger partial charge < -0.3 is 18.9 Å². The molecule has 2 heterocycles. The highest BCUT2D eigenvalue weighted by Crippen LogP contribution is 2.38. The van der Waals surface area contributed by atoms with Gasteiger partial charge in [0.25, 0.3) is 0 Å². The summed E-state index contributed by atoms with van der Waals surface area (Å²) in [6, 6.07) is -0.00683. The molecule has 0 aromatic carbocycles. The van der Waals surface area contributed by atoms with Crippen molar-refractivity contribution in [2.24, 2.45) is 0 Å². The van der Waals surface area contributed by atoms with Crippen LogP contribution in [0.5, 0.6) is 0 Å². The summed E-state index contributed by atoms with van der Waals surface area (Å²) in [4.78, 5) is 14.2. The minimum absolute atomic E-state index is 0.00683. The van der Waals surface area contributed by atoms with E-state index in [2.05, 4.69) is 0 Å². The molecule has 5 nitrogen and oxygen atoms in total. The average Bonchev–Trinajstić information content (AvgIpc) is 2.57. The number of rotatable bonds is 1. The molecule has 2 aliphatic heterocycles. The Morgan fingerprint density at radius 2 is 1.79 bits per heavy atom. The molecular weight excluding hydrogens is 305 g/mol. The molecule has 1 atom stereocenters. The first-order valence-electron chi connectivity index (χ1n) is 8.88. The summed E-state index contributed by atoms with van der Waals surface area (Å²) in [5, 5.41) is 0. The van der Waals surface area contributed by atoms with E-state index < -0.39 is 5.60 Å². The third-order valence-electron chi connectivity index (χ3n) is 5.12. The summed E-state index contributed by atoms with van der Waals surface area (Å²) in [6.07, 6.45) is 1.62. The SMILES string of the molecule is CC1/C(=C/B2OC(C)(C)C(C)(C)O2)CCCN1C(=O)OC(C)(C)C. The minimum atomic E-state index is -0.482. The van der Waals surface area contributed by atoms with Crippen molar-refractivity contribution >= 4 is 13.2 Å². The van der Waals surface area contributed by atoms with E-state index in [0.717, 1.165) is 19.4 Å². The van der Waals surface area contributed by atoms with Crippen LogP contribution in [0.1, 0.15) is 68.2 Å². The predicted octanol–water partition coefficient (Wildman–Crippen LogP) is 3.96. The van der Waals surface area contributed by atoms with Gasteiger partial charge in [0.2, 0.25) is 0 Å². The zero-order valence-corrected chi connectivity index (χ0v) is 16.4. The fourth-order valence-electron chi connectivity index (χ4n) is 2.98. The molecule has 0 radical (unpaired) electrons. The molecule has 0 aromatic heterocycles. The lowest BCUT2D eigenvalue weighted by atomic mass is 9.82. The van der Waals surface area contributed by atoms with E-state index in [4.69, 9.17) is 14.0 Å². The molecule has 2 saturated heterocycles. The maximum Gasteiger partial charge on any atom is 0.487 e. The van der Waals surface area contributed by atoms with E-state index in [9.17, 15) is 4.79 Å². The van der Waals surface area contributed by atoms with Gasteiger partial charge in [-0.05, 0) is 68.2 Å². The van der Waals surface area contributed by atoms with Crippen LogP contribution < -0.4 is 0 Å². The highest BCUT2D eigenvalue weighted by atomic mass is 16.7. The minimum Gasteiger partial charge on any atom is -0.444 e. The Labute approximate surface area is 146 Å². The van der Waals surface area contributed by atoms with Gasteiger partial charge in [0.1, 0.15) is 5.60 Å². The van der Waals surface area contributed by atoms with Crippen molar-refractivity contribution in [3.8, 4) is 0 Å². The third kappa shape index (κ3) is 4.15. The van der Waals surface area contributed by atoms with Gasteiger partial charge in [-0.2, -0.15) is 0 Å². The second kappa shape index (κ2) is 6.38. The predicted molar refractivity (Wildman–Crippen MR) is 95.8 cm³/mol. The fraction of sp³-hybridized carbons (Fsp3) is 0.833. The van der Waals surface area contributed by atoms with Crippen molar-refractivity contribution in [2.75, 3.05) is 6.54 Å². The standard InChI is InChI=1S/C18H32BNO4/c1-13-14(12-19-23-17(5,6)18(7,8)24-19)10-9-11-20(13)15(21)22-16(2,3)4/h12-13H,9-11H2,1-8H3/b14-12+. The lowest BCUT2D eigenvalue weighted by molar-refractivity contribution is 0.00578. The summed E-state index contributed by atoms with van der Waals surface area (Å²) in [5.74, 6) is 2.04. The zero-order valence-electron chi connectivity index (χ0n) is 16.4. The summed E-state index contributed by atoms with van der Waals surface area (Å²) < 4.78 is 17.6. The van der Waals surface area contributed by atoms with Gasteiger partial charge in [0.05, 0.1) is 17.2 Å². The molecule has 6 heteroatoms. The zero-order chi connectivity index (χ0) is 18.3. The van der Waals surface area contributed by atoms with Gasteiger partial charge in [-0.3, -0.25) is 0 Å². The summed E-state index contributed by atoms with van der Waals surface area (Å²) in [7, 11) is -0.369. The Kier molecular flexibility index (Phi) is 5.13. The highest BCUT2D eigenvalue weighted by Gasteiger charge is 2.50. The Morgan fingerprint density at radius 3 is 2.29 bits per heavy atom. The highest BCUT2D eigenvalue weighted by molar-refractivity contribution is 6.51. The molecule has 2 fully saturated rings. The number of ether oxygens (including phenoxy) is 1. The van der Waals surface area contributed by atoms with Crippen LogP contribution in [0.2, 0.25) is 0 Å². The third-order valence-corrected chi connectivity index (χ3v) is 5.12. The quantitative estimate of drug-likeness (QED) is 0.680. The first-order chi connectivity index (χ1) is 10.8. The lowest BCUT2D eigenvalue weighted by Crippen LogP contribution is -2.46. The molecule has 24 heavy (non-hydrogen) atoms. The van der Waals surface area contributed by atoms with Gasteiger partial charge >= 0.3 is 13.2 Å². The van der Waals surface area contributed by atoms with Gasteiger partial charge in [-0.25, -0.2) is 4.79 Å². The number of nitrogens with zero attached hydrogens (tertiary/aromatic N) is 1. The number of hydrogen-bond donors (Lipinski definition) is 0. The first-order valence-corrected chi connectivity index (χ1v) is 8.88. The van der Waals surface area contributed by atoms with E-state index in [1.165, 1.54) is 5.57 Å². The molecule has 2 rings (SSSR count). The van der Waals surface area contributed by atoms with Crippen molar-refractivity contribution in [1.82, 2.24) is 4.90 Å². The maximum absolute atomic E-state index is 12.4. The van der Waals surface area contributed by atoms with Crippen molar-refractivity contribution in [2.45, 2.75) is 91.1 Å². The normalized spacial score (nSPS) is 28.3.